The number of hydrogen-bond donors (Lipinski definition) is 0. The minimum Gasteiger partial charge on any atom is -0.379 e. The van der Waals surface area contributed by atoms with Crippen LogP contribution in [0.25, 0.3) is 0 Å². The molecule has 1 aromatic carbocycles. The Bertz CT molecular complexity index is 752. The van der Waals surface area contributed by atoms with Crippen molar-refractivity contribution >= 4 is 15.9 Å². The Kier molecular flexibility index (Phi) is 5.96. The lowest BCUT2D eigenvalue weighted by molar-refractivity contribution is -0.134. The topological polar surface area (TPSA) is 70.2 Å². The summed E-state index contributed by atoms with van der Waals surface area (Å²) in [7, 11) is -3.51. The second-order valence-electron chi connectivity index (χ2n) is 6.92. The highest BCUT2D eigenvalue weighted by Gasteiger charge is 2.30. The van der Waals surface area contributed by atoms with E-state index < -0.39 is 10.0 Å². The van der Waals surface area contributed by atoms with Crippen molar-refractivity contribution in [3.8, 4) is 0 Å². The van der Waals surface area contributed by atoms with Crippen LogP contribution in [-0.2, 0) is 19.6 Å². The van der Waals surface area contributed by atoms with E-state index in [1.54, 1.807) is 17.0 Å². The lowest BCUT2D eigenvalue weighted by Gasteiger charge is -2.35. The summed E-state index contributed by atoms with van der Waals surface area (Å²) in [5, 5.41) is 0. The van der Waals surface area contributed by atoms with Crippen LogP contribution in [-0.4, -0.2) is 87.5 Å². The summed E-state index contributed by atoms with van der Waals surface area (Å²) in [5.74, 6) is 0.0649. The van der Waals surface area contributed by atoms with Crippen LogP contribution in [0.15, 0.2) is 23.1 Å². The molecule has 0 bridgehead atoms. The van der Waals surface area contributed by atoms with Crippen LogP contribution in [0.1, 0.15) is 11.1 Å². The molecule has 8 heteroatoms. The van der Waals surface area contributed by atoms with Crippen molar-refractivity contribution in [2.75, 3.05) is 59.0 Å². The number of benzene rings is 1. The largest absolute Gasteiger partial charge is 0.379 e. The van der Waals surface area contributed by atoms with Gasteiger partial charge >= 0.3 is 0 Å². The molecule has 1 aromatic rings. The van der Waals surface area contributed by atoms with Crippen LogP contribution in [0.5, 0.6) is 0 Å². The van der Waals surface area contributed by atoms with E-state index in [1.807, 2.05) is 19.9 Å². The molecule has 2 aliphatic rings. The van der Waals surface area contributed by atoms with Crippen molar-refractivity contribution in [3.63, 3.8) is 0 Å². The van der Waals surface area contributed by atoms with Crippen molar-refractivity contribution in [1.82, 2.24) is 14.1 Å². The van der Waals surface area contributed by atoms with E-state index in [4.69, 9.17) is 4.74 Å². The minimum absolute atomic E-state index is 0.0649. The summed E-state index contributed by atoms with van der Waals surface area (Å²) in [5.41, 5.74) is 2.04. The van der Waals surface area contributed by atoms with Gasteiger partial charge in [-0.2, -0.15) is 4.31 Å². The first-order chi connectivity index (χ1) is 12.4. The monoisotopic (exact) mass is 381 g/mol. The third kappa shape index (κ3) is 4.25. The fourth-order valence-corrected chi connectivity index (χ4v) is 4.76. The van der Waals surface area contributed by atoms with Gasteiger partial charge in [0.2, 0.25) is 15.9 Å². The zero-order valence-electron chi connectivity index (χ0n) is 15.5. The molecule has 0 unspecified atom stereocenters. The van der Waals surface area contributed by atoms with E-state index in [9.17, 15) is 13.2 Å². The molecular formula is C18H27N3O4S. The lowest BCUT2D eigenvalue weighted by Crippen LogP contribution is -2.53. The van der Waals surface area contributed by atoms with E-state index >= 15 is 0 Å². The van der Waals surface area contributed by atoms with Crippen LogP contribution < -0.4 is 0 Å². The average Bonchev–Trinajstić information content (AvgIpc) is 2.65. The molecule has 0 saturated carbocycles. The number of aryl methyl sites for hydroxylation is 2. The molecule has 2 heterocycles. The predicted molar refractivity (Wildman–Crippen MR) is 98.5 cm³/mol. The number of amides is 1. The number of hydrogen-bond acceptors (Lipinski definition) is 5. The summed E-state index contributed by atoms with van der Waals surface area (Å²) < 4.78 is 32.5. The molecule has 26 heavy (non-hydrogen) atoms. The summed E-state index contributed by atoms with van der Waals surface area (Å²) >= 11 is 0. The molecule has 0 spiro atoms. The number of carbonyl (C=O) groups is 1. The van der Waals surface area contributed by atoms with Crippen molar-refractivity contribution in [2.24, 2.45) is 0 Å². The smallest absolute Gasteiger partial charge is 0.243 e. The van der Waals surface area contributed by atoms with Crippen molar-refractivity contribution in [1.29, 1.82) is 0 Å². The molecule has 2 fully saturated rings. The maximum absolute atomic E-state index is 12.8. The Morgan fingerprint density at radius 3 is 2.27 bits per heavy atom. The normalized spacial score (nSPS) is 20.3. The maximum atomic E-state index is 12.8. The Labute approximate surface area is 155 Å². The second kappa shape index (κ2) is 8.04. The molecule has 0 aromatic heterocycles. The van der Waals surface area contributed by atoms with Gasteiger partial charge in [-0.05, 0) is 37.1 Å². The molecule has 7 nitrogen and oxygen atoms in total. The molecule has 2 saturated heterocycles. The van der Waals surface area contributed by atoms with Crippen molar-refractivity contribution in [2.45, 2.75) is 18.7 Å². The van der Waals surface area contributed by atoms with Crippen LogP contribution in [0.4, 0.5) is 0 Å². The van der Waals surface area contributed by atoms with E-state index in [1.165, 1.54) is 4.31 Å². The SMILES string of the molecule is Cc1ccc(S(=O)(=O)N2CCN(C(=O)CN3CCOCC3)CC2)cc1C. The zero-order valence-corrected chi connectivity index (χ0v) is 16.3. The molecule has 1 amide bonds. The fourth-order valence-electron chi connectivity index (χ4n) is 3.25. The molecule has 0 radical (unpaired) electrons. The van der Waals surface area contributed by atoms with Gasteiger partial charge in [0.15, 0.2) is 0 Å². The highest BCUT2D eigenvalue weighted by atomic mass is 32.2. The summed E-state index contributed by atoms with van der Waals surface area (Å²) in [6.45, 7) is 8.67. The van der Waals surface area contributed by atoms with Gasteiger partial charge in [-0.3, -0.25) is 9.69 Å². The van der Waals surface area contributed by atoms with Gasteiger partial charge in [-0.1, -0.05) is 6.07 Å². The Balaban J connectivity index is 1.58. The van der Waals surface area contributed by atoms with Crippen LogP contribution in [0.3, 0.4) is 0 Å². The van der Waals surface area contributed by atoms with E-state index in [-0.39, 0.29) is 5.91 Å². The van der Waals surface area contributed by atoms with Crippen LogP contribution >= 0.6 is 0 Å². The third-order valence-electron chi connectivity index (χ3n) is 5.17. The number of nitrogens with zero attached hydrogens (tertiary/aromatic N) is 3. The molecule has 0 N–H and O–H groups in total. The van der Waals surface area contributed by atoms with Gasteiger partial charge in [-0.15, -0.1) is 0 Å². The van der Waals surface area contributed by atoms with Crippen LogP contribution in [0.2, 0.25) is 0 Å². The molecular weight excluding hydrogens is 354 g/mol. The summed E-state index contributed by atoms with van der Waals surface area (Å²) in [4.78, 5) is 16.6. The second-order valence-corrected chi connectivity index (χ2v) is 8.86. The number of rotatable bonds is 4. The van der Waals surface area contributed by atoms with Gasteiger partial charge in [0.25, 0.3) is 0 Å². The van der Waals surface area contributed by atoms with Gasteiger partial charge in [-0.25, -0.2) is 8.42 Å². The zero-order chi connectivity index (χ0) is 18.7. The van der Waals surface area contributed by atoms with Crippen LogP contribution in [0, 0.1) is 13.8 Å². The first kappa shape index (κ1) is 19.3. The van der Waals surface area contributed by atoms with Gasteiger partial charge < -0.3 is 9.64 Å². The number of carbonyl (C=O) groups excluding carboxylic acids is 1. The number of piperazine rings is 1. The van der Waals surface area contributed by atoms with Gasteiger partial charge in [0.1, 0.15) is 0 Å². The Hall–Kier alpha value is -1.48. The van der Waals surface area contributed by atoms with Gasteiger partial charge in [0, 0.05) is 39.3 Å². The van der Waals surface area contributed by atoms with E-state index in [0.29, 0.717) is 50.8 Å². The summed E-state index contributed by atoms with van der Waals surface area (Å²) in [6.07, 6.45) is 0. The van der Waals surface area contributed by atoms with Crippen molar-refractivity contribution in [3.05, 3.63) is 29.3 Å². The molecule has 2 aliphatic heterocycles. The van der Waals surface area contributed by atoms with Crippen molar-refractivity contribution < 1.29 is 17.9 Å². The van der Waals surface area contributed by atoms with E-state index in [0.717, 1.165) is 24.2 Å². The Morgan fingerprint density at radius 1 is 1.00 bits per heavy atom. The number of ether oxygens (including phenoxy) is 1. The first-order valence-corrected chi connectivity index (χ1v) is 10.5. The average molecular weight is 381 g/mol. The standard InChI is InChI=1S/C18H27N3O4S/c1-15-3-4-17(13-16(15)2)26(23,24)21-7-5-20(6-8-21)18(22)14-19-9-11-25-12-10-19/h3-4,13H,5-12,14H2,1-2H3. The number of sulfonamides is 1. The molecule has 0 aliphatic carbocycles. The van der Waals surface area contributed by atoms with E-state index in [2.05, 4.69) is 4.90 Å². The molecule has 0 atom stereocenters. The minimum atomic E-state index is -3.51. The maximum Gasteiger partial charge on any atom is 0.243 e. The predicted octanol–water partition coefficient (Wildman–Crippen LogP) is 0.469. The third-order valence-corrected chi connectivity index (χ3v) is 7.06. The first-order valence-electron chi connectivity index (χ1n) is 9.03. The fraction of sp³-hybridized carbons (Fsp3) is 0.611. The lowest BCUT2D eigenvalue weighted by atomic mass is 10.1. The highest BCUT2D eigenvalue weighted by Crippen LogP contribution is 2.20. The molecule has 3 rings (SSSR count). The summed E-state index contributed by atoms with van der Waals surface area (Å²) in [6, 6.07) is 5.22. The van der Waals surface area contributed by atoms with Gasteiger partial charge in [0.05, 0.1) is 24.7 Å². The highest BCUT2D eigenvalue weighted by molar-refractivity contribution is 7.89. The Morgan fingerprint density at radius 2 is 1.65 bits per heavy atom. The molecule has 144 valence electrons. The quantitative estimate of drug-likeness (QED) is 0.758. The number of morpholine rings is 1.